The Kier molecular flexibility index (Phi) is 4.10. The van der Waals surface area contributed by atoms with Crippen molar-refractivity contribution in [1.29, 1.82) is 0 Å². The Balaban J connectivity index is 1.88. The van der Waals surface area contributed by atoms with Gasteiger partial charge in [0.1, 0.15) is 12.4 Å². The third-order valence-corrected chi connectivity index (χ3v) is 3.71. The average molecular weight is 289 g/mol. The largest absolute Gasteiger partial charge is 0.488 e. The van der Waals surface area contributed by atoms with Crippen molar-refractivity contribution in [1.82, 2.24) is 0 Å². The second kappa shape index (κ2) is 6.35. The Labute approximate surface area is 131 Å². The van der Waals surface area contributed by atoms with Gasteiger partial charge in [-0.25, -0.2) is 0 Å². The Morgan fingerprint density at radius 2 is 1.59 bits per heavy atom. The molecule has 0 radical (unpaired) electrons. The zero-order chi connectivity index (χ0) is 15.4. The smallest absolute Gasteiger partial charge is 0.127 e. The van der Waals surface area contributed by atoms with E-state index in [9.17, 15) is 0 Å². The first-order valence-corrected chi connectivity index (χ1v) is 7.36. The van der Waals surface area contributed by atoms with E-state index in [1.54, 1.807) is 0 Å². The van der Waals surface area contributed by atoms with Gasteiger partial charge in [-0.15, -0.1) is 0 Å². The highest BCUT2D eigenvalue weighted by Gasteiger charge is 2.07. The van der Waals surface area contributed by atoms with Crippen LogP contribution >= 0.6 is 0 Å². The Morgan fingerprint density at radius 1 is 0.864 bits per heavy atom. The van der Waals surface area contributed by atoms with Crippen molar-refractivity contribution in [3.05, 3.63) is 83.9 Å². The van der Waals surface area contributed by atoms with E-state index in [2.05, 4.69) is 24.3 Å². The predicted octanol–water partition coefficient (Wildman–Crippen LogP) is 4.82. The molecule has 0 bridgehead atoms. The Bertz CT molecular complexity index is 766. The van der Waals surface area contributed by atoms with Crippen LogP contribution in [0.25, 0.3) is 11.1 Å². The summed E-state index contributed by atoms with van der Waals surface area (Å²) in [5, 5.41) is 0. The summed E-state index contributed by atoms with van der Waals surface area (Å²) in [6.07, 6.45) is 0. The lowest BCUT2D eigenvalue weighted by Gasteiger charge is -2.13. The molecule has 0 spiro atoms. The van der Waals surface area contributed by atoms with E-state index in [1.165, 1.54) is 0 Å². The molecule has 3 rings (SSSR count). The van der Waals surface area contributed by atoms with Crippen molar-refractivity contribution in [2.24, 2.45) is 0 Å². The van der Waals surface area contributed by atoms with Crippen LogP contribution in [0.4, 0.5) is 5.69 Å². The number of ether oxygens (including phenoxy) is 1. The minimum absolute atomic E-state index is 0.555. The molecule has 2 heteroatoms. The van der Waals surface area contributed by atoms with E-state index >= 15 is 0 Å². The standard InChI is InChI=1S/C20H19NO/c1-15-11-12-17(13-19(15)21)18-9-5-6-10-20(18)22-14-16-7-3-2-4-8-16/h2-13H,14,21H2,1H3. The molecular weight excluding hydrogens is 270 g/mol. The molecule has 0 aromatic heterocycles. The fourth-order valence-corrected chi connectivity index (χ4v) is 2.37. The molecule has 110 valence electrons. The normalized spacial score (nSPS) is 10.4. The quantitative estimate of drug-likeness (QED) is 0.699. The average Bonchev–Trinajstić information content (AvgIpc) is 2.57. The van der Waals surface area contributed by atoms with Crippen molar-refractivity contribution < 1.29 is 4.74 Å². The highest BCUT2D eigenvalue weighted by atomic mass is 16.5. The van der Waals surface area contributed by atoms with Crippen molar-refractivity contribution >= 4 is 5.69 Å². The molecule has 0 saturated carbocycles. The molecule has 2 nitrogen and oxygen atoms in total. The minimum atomic E-state index is 0.555. The number of rotatable bonds is 4. The maximum Gasteiger partial charge on any atom is 0.127 e. The molecule has 3 aromatic rings. The van der Waals surface area contributed by atoms with Crippen molar-refractivity contribution in [3.8, 4) is 16.9 Å². The molecule has 0 aliphatic rings. The summed E-state index contributed by atoms with van der Waals surface area (Å²) in [4.78, 5) is 0. The first kappa shape index (κ1) is 14.2. The fourth-order valence-electron chi connectivity index (χ4n) is 2.37. The van der Waals surface area contributed by atoms with Crippen LogP contribution in [0, 0.1) is 6.92 Å². The van der Waals surface area contributed by atoms with Crippen LogP contribution in [0.2, 0.25) is 0 Å². The first-order valence-electron chi connectivity index (χ1n) is 7.36. The van der Waals surface area contributed by atoms with Crippen LogP contribution in [0.1, 0.15) is 11.1 Å². The molecule has 0 aliphatic carbocycles. The third-order valence-electron chi connectivity index (χ3n) is 3.71. The maximum atomic E-state index is 6.03. The van der Waals surface area contributed by atoms with Crippen molar-refractivity contribution in [2.75, 3.05) is 5.73 Å². The van der Waals surface area contributed by atoms with Gasteiger partial charge in [0.2, 0.25) is 0 Å². The molecule has 0 aliphatic heterocycles. The van der Waals surface area contributed by atoms with Crippen molar-refractivity contribution in [3.63, 3.8) is 0 Å². The predicted molar refractivity (Wildman–Crippen MR) is 91.8 cm³/mol. The lowest BCUT2D eigenvalue weighted by atomic mass is 10.0. The number of hydrogen-bond acceptors (Lipinski definition) is 2. The van der Waals surface area contributed by atoms with Crippen LogP contribution in [0.15, 0.2) is 72.8 Å². The minimum Gasteiger partial charge on any atom is -0.488 e. The van der Waals surface area contributed by atoms with Crippen molar-refractivity contribution in [2.45, 2.75) is 13.5 Å². The third kappa shape index (κ3) is 3.12. The molecule has 2 N–H and O–H groups in total. The molecule has 3 aromatic carbocycles. The van der Waals surface area contributed by atoms with Gasteiger partial charge >= 0.3 is 0 Å². The van der Waals surface area contributed by atoms with Gasteiger partial charge in [0.25, 0.3) is 0 Å². The highest BCUT2D eigenvalue weighted by molar-refractivity contribution is 5.73. The number of benzene rings is 3. The van der Waals surface area contributed by atoms with Crippen LogP contribution in [0.3, 0.4) is 0 Å². The van der Waals surface area contributed by atoms with Crippen LogP contribution < -0.4 is 10.5 Å². The number of aryl methyl sites for hydroxylation is 1. The molecule has 0 amide bonds. The topological polar surface area (TPSA) is 35.2 Å². The van der Waals surface area contributed by atoms with Gasteiger partial charge in [-0.05, 0) is 35.7 Å². The van der Waals surface area contributed by atoms with Gasteiger partial charge in [0.05, 0.1) is 0 Å². The van der Waals surface area contributed by atoms with Gasteiger partial charge in [-0.2, -0.15) is 0 Å². The second-order valence-electron chi connectivity index (χ2n) is 5.34. The molecule has 0 saturated heterocycles. The number of nitrogens with two attached hydrogens (primary N) is 1. The number of anilines is 1. The maximum absolute atomic E-state index is 6.03. The number of nitrogen functional groups attached to an aromatic ring is 1. The van der Waals surface area contributed by atoms with E-state index in [-0.39, 0.29) is 0 Å². The molecule has 0 atom stereocenters. The summed E-state index contributed by atoms with van der Waals surface area (Å²) in [6.45, 7) is 2.57. The molecule has 0 heterocycles. The Hall–Kier alpha value is -2.74. The zero-order valence-corrected chi connectivity index (χ0v) is 12.6. The summed E-state index contributed by atoms with van der Waals surface area (Å²) in [7, 11) is 0. The summed E-state index contributed by atoms with van der Waals surface area (Å²) in [5.41, 5.74) is 11.2. The number of para-hydroxylation sites is 1. The van der Waals surface area contributed by atoms with E-state index < -0.39 is 0 Å². The Morgan fingerprint density at radius 3 is 2.36 bits per heavy atom. The highest BCUT2D eigenvalue weighted by Crippen LogP contribution is 2.32. The summed E-state index contributed by atoms with van der Waals surface area (Å²) in [6, 6.07) is 24.3. The fraction of sp³-hybridized carbons (Fsp3) is 0.100. The van der Waals surface area contributed by atoms with Crippen LogP contribution in [0.5, 0.6) is 5.75 Å². The van der Waals surface area contributed by atoms with Gasteiger partial charge in [-0.3, -0.25) is 0 Å². The summed E-state index contributed by atoms with van der Waals surface area (Å²) in [5.74, 6) is 0.870. The van der Waals surface area contributed by atoms with E-state index in [1.807, 2.05) is 55.5 Å². The van der Waals surface area contributed by atoms with Gasteiger partial charge in [-0.1, -0.05) is 60.7 Å². The SMILES string of the molecule is Cc1ccc(-c2ccccc2OCc2ccccc2)cc1N. The van der Waals surface area contributed by atoms with E-state index in [0.29, 0.717) is 6.61 Å². The molecular formula is C20H19NO. The second-order valence-corrected chi connectivity index (χ2v) is 5.34. The zero-order valence-electron chi connectivity index (χ0n) is 12.6. The van der Waals surface area contributed by atoms with Crippen LogP contribution in [-0.2, 0) is 6.61 Å². The molecule has 0 unspecified atom stereocenters. The lowest BCUT2D eigenvalue weighted by Crippen LogP contribution is -1.97. The van der Waals surface area contributed by atoms with Gasteiger partial charge in [0.15, 0.2) is 0 Å². The van der Waals surface area contributed by atoms with Gasteiger partial charge < -0.3 is 10.5 Å². The monoisotopic (exact) mass is 289 g/mol. The molecule has 22 heavy (non-hydrogen) atoms. The number of hydrogen-bond donors (Lipinski definition) is 1. The molecule has 0 fully saturated rings. The first-order chi connectivity index (χ1) is 10.7. The van der Waals surface area contributed by atoms with Crippen LogP contribution in [-0.4, -0.2) is 0 Å². The lowest BCUT2D eigenvalue weighted by molar-refractivity contribution is 0.307. The summed E-state index contributed by atoms with van der Waals surface area (Å²) < 4.78 is 6.01. The van der Waals surface area contributed by atoms with E-state index in [4.69, 9.17) is 10.5 Å². The summed E-state index contributed by atoms with van der Waals surface area (Å²) >= 11 is 0. The van der Waals surface area contributed by atoms with Gasteiger partial charge in [0, 0.05) is 11.3 Å². The van der Waals surface area contributed by atoms with E-state index in [0.717, 1.165) is 33.7 Å².